The van der Waals surface area contributed by atoms with E-state index in [9.17, 15) is 19.5 Å². The second-order valence-electron chi connectivity index (χ2n) is 10.9. The van der Waals surface area contributed by atoms with Crippen molar-refractivity contribution in [2.75, 3.05) is 18.1 Å². The van der Waals surface area contributed by atoms with Crippen LogP contribution in [0.3, 0.4) is 0 Å². The minimum Gasteiger partial charge on any atom is -0.481 e. The van der Waals surface area contributed by atoms with Gasteiger partial charge in [-0.05, 0) is 59.1 Å². The van der Waals surface area contributed by atoms with Crippen LogP contribution in [0.4, 0.5) is 4.79 Å². The highest BCUT2D eigenvalue weighted by atomic mass is 32.2. The molecular weight excluding hydrogens is 552 g/mol. The molecule has 2 atom stereocenters. The summed E-state index contributed by atoms with van der Waals surface area (Å²) in [6.07, 6.45) is -0.570. The van der Waals surface area contributed by atoms with Gasteiger partial charge in [-0.2, -0.15) is 11.8 Å². The monoisotopic (exact) mass is 588 g/mol. The molecule has 3 aromatic rings. The molecule has 42 heavy (non-hydrogen) atoms. The molecule has 0 saturated carbocycles. The Balaban J connectivity index is 1.30. The minimum absolute atomic E-state index is 0.105. The van der Waals surface area contributed by atoms with Crippen LogP contribution in [0.15, 0.2) is 78.9 Å². The molecule has 0 radical (unpaired) electrons. The van der Waals surface area contributed by atoms with Crippen molar-refractivity contribution in [3.05, 3.63) is 95.6 Å². The van der Waals surface area contributed by atoms with Crippen LogP contribution in [0.2, 0.25) is 0 Å². The molecule has 0 bridgehead atoms. The van der Waals surface area contributed by atoms with Gasteiger partial charge in [0.2, 0.25) is 5.91 Å². The smallest absolute Gasteiger partial charge is 0.407 e. The molecule has 5 rings (SSSR count). The van der Waals surface area contributed by atoms with Crippen LogP contribution >= 0.6 is 11.8 Å². The van der Waals surface area contributed by atoms with Gasteiger partial charge in [-0.25, -0.2) is 4.79 Å². The number of fused-ring (bicyclic) bond motifs is 3. The van der Waals surface area contributed by atoms with Crippen LogP contribution in [0.1, 0.15) is 48.8 Å². The average Bonchev–Trinajstić information content (AvgIpc) is 3.31. The molecule has 1 aliphatic carbocycles. The van der Waals surface area contributed by atoms with Crippen LogP contribution in [0.5, 0.6) is 0 Å². The quantitative estimate of drug-likeness (QED) is 0.277. The van der Waals surface area contributed by atoms with E-state index in [-0.39, 0.29) is 25.6 Å². The number of carboxylic acids is 1. The fourth-order valence-corrected chi connectivity index (χ4v) is 7.07. The van der Waals surface area contributed by atoms with Crippen LogP contribution in [-0.4, -0.2) is 58.9 Å². The summed E-state index contributed by atoms with van der Waals surface area (Å²) in [5.41, 5.74) is 4.47. The van der Waals surface area contributed by atoms with Crippen molar-refractivity contribution in [3.63, 3.8) is 0 Å². The van der Waals surface area contributed by atoms with E-state index in [0.717, 1.165) is 39.3 Å². The summed E-state index contributed by atoms with van der Waals surface area (Å²) < 4.78 is 11.8. The number of rotatable bonds is 11. The molecule has 0 spiro atoms. The highest BCUT2D eigenvalue weighted by molar-refractivity contribution is 7.99. The average molecular weight is 589 g/mol. The Hall–Kier alpha value is -3.82. The minimum atomic E-state index is -1.09. The third kappa shape index (κ3) is 6.97. The number of carbonyl (C=O) groups excluding carboxylic acids is 2. The fraction of sp³-hybridized carbons (Fsp3) is 0.364. The maximum atomic E-state index is 13.7. The van der Waals surface area contributed by atoms with E-state index < -0.39 is 35.7 Å². The van der Waals surface area contributed by atoms with E-state index in [1.54, 1.807) is 18.7 Å². The molecule has 0 unspecified atom stereocenters. The lowest BCUT2D eigenvalue weighted by Crippen LogP contribution is -2.60. The van der Waals surface area contributed by atoms with Gasteiger partial charge in [0.1, 0.15) is 12.6 Å². The number of carbonyl (C=O) groups is 3. The standard InChI is InChI=1S/C33H36N2O6S/c1-22(40-20-23-9-3-2-4-10-23)30(31(38)35-33(19-29(36)37)15-17-42-18-16-33)34-32(39)41-21-28-26-13-7-5-11-24(26)25-12-6-8-14-27(25)28/h2-14,22,28,30H,15-21H2,1H3,(H,34,39)(H,35,38)(H,36,37)/t22-,30+/m0/s1. The number of nitrogens with one attached hydrogen (secondary N) is 2. The Morgan fingerprint density at radius 1 is 0.929 bits per heavy atom. The topological polar surface area (TPSA) is 114 Å². The normalized spacial score (nSPS) is 16.9. The summed E-state index contributed by atoms with van der Waals surface area (Å²) in [5, 5.41) is 15.3. The highest BCUT2D eigenvalue weighted by Gasteiger charge is 2.40. The number of carboxylic acid groups (broad SMARTS) is 1. The summed E-state index contributed by atoms with van der Waals surface area (Å²) in [6.45, 7) is 2.07. The fourth-order valence-electron chi connectivity index (χ4n) is 5.80. The van der Waals surface area contributed by atoms with Gasteiger partial charge in [0, 0.05) is 5.92 Å². The molecule has 1 fully saturated rings. The van der Waals surface area contributed by atoms with Gasteiger partial charge in [-0.3, -0.25) is 9.59 Å². The van der Waals surface area contributed by atoms with Crippen molar-refractivity contribution in [1.82, 2.24) is 10.6 Å². The number of ether oxygens (including phenoxy) is 2. The number of thioether (sulfide) groups is 1. The predicted octanol–water partition coefficient (Wildman–Crippen LogP) is 5.36. The molecule has 9 heteroatoms. The van der Waals surface area contributed by atoms with E-state index >= 15 is 0 Å². The van der Waals surface area contributed by atoms with Gasteiger partial charge in [0.05, 0.1) is 24.7 Å². The summed E-state index contributed by atoms with van der Waals surface area (Å²) in [5.74, 6) is -0.0921. The Morgan fingerprint density at radius 2 is 1.52 bits per heavy atom. The highest BCUT2D eigenvalue weighted by Crippen LogP contribution is 2.44. The number of alkyl carbamates (subject to hydrolysis) is 1. The molecular formula is C33H36N2O6S. The lowest BCUT2D eigenvalue weighted by Gasteiger charge is -2.38. The first-order valence-electron chi connectivity index (χ1n) is 14.2. The van der Waals surface area contributed by atoms with Crippen LogP contribution in [0, 0.1) is 0 Å². The number of aliphatic carboxylic acids is 1. The van der Waals surface area contributed by atoms with Crippen LogP contribution < -0.4 is 10.6 Å². The van der Waals surface area contributed by atoms with Gasteiger partial charge >= 0.3 is 12.1 Å². The first-order valence-corrected chi connectivity index (χ1v) is 15.4. The van der Waals surface area contributed by atoms with Gasteiger partial charge in [-0.1, -0.05) is 78.9 Å². The second kappa shape index (κ2) is 13.4. The zero-order valence-electron chi connectivity index (χ0n) is 23.6. The van der Waals surface area contributed by atoms with Gasteiger partial charge in [0.15, 0.2) is 0 Å². The van der Waals surface area contributed by atoms with Crippen molar-refractivity contribution in [1.29, 1.82) is 0 Å². The number of benzene rings is 3. The molecule has 3 aromatic carbocycles. The van der Waals surface area contributed by atoms with Crippen molar-refractivity contribution in [3.8, 4) is 11.1 Å². The molecule has 8 nitrogen and oxygen atoms in total. The lowest BCUT2D eigenvalue weighted by molar-refractivity contribution is -0.139. The second-order valence-corrected chi connectivity index (χ2v) is 12.1. The summed E-state index contributed by atoms with van der Waals surface area (Å²) >= 11 is 1.73. The molecule has 2 amide bonds. The van der Waals surface area contributed by atoms with E-state index in [1.165, 1.54) is 0 Å². The Bertz CT molecular complexity index is 1360. The molecule has 1 heterocycles. The van der Waals surface area contributed by atoms with Crippen molar-refractivity contribution in [2.45, 2.75) is 56.4 Å². The van der Waals surface area contributed by atoms with Crippen molar-refractivity contribution in [2.24, 2.45) is 0 Å². The zero-order chi connectivity index (χ0) is 29.5. The first-order chi connectivity index (χ1) is 20.3. The van der Waals surface area contributed by atoms with E-state index in [1.807, 2.05) is 66.7 Å². The summed E-state index contributed by atoms with van der Waals surface area (Å²) in [6, 6.07) is 24.6. The molecule has 3 N–H and O–H groups in total. The number of hydrogen-bond donors (Lipinski definition) is 3. The maximum Gasteiger partial charge on any atom is 0.407 e. The third-order valence-electron chi connectivity index (χ3n) is 8.05. The Kier molecular flexibility index (Phi) is 9.49. The SMILES string of the molecule is C[C@H](OCc1ccccc1)[C@@H](NC(=O)OCC1c2ccccc2-c2ccccc21)C(=O)NC1(CC(=O)O)CCSCC1. The molecule has 0 aromatic heterocycles. The van der Waals surface area contributed by atoms with Crippen molar-refractivity contribution >= 4 is 29.7 Å². The molecule has 1 aliphatic heterocycles. The predicted molar refractivity (Wildman–Crippen MR) is 162 cm³/mol. The molecule has 220 valence electrons. The molecule has 1 saturated heterocycles. The maximum absolute atomic E-state index is 13.7. The third-order valence-corrected chi connectivity index (χ3v) is 9.04. The van der Waals surface area contributed by atoms with Crippen LogP contribution in [0.25, 0.3) is 11.1 Å². The first kappa shape index (κ1) is 29.7. The van der Waals surface area contributed by atoms with Gasteiger partial charge in [-0.15, -0.1) is 0 Å². The summed E-state index contributed by atoms with van der Waals surface area (Å²) in [7, 11) is 0. The van der Waals surface area contributed by atoms with E-state index in [2.05, 4.69) is 22.8 Å². The largest absolute Gasteiger partial charge is 0.481 e. The van der Waals surface area contributed by atoms with Crippen LogP contribution in [-0.2, 0) is 25.7 Å². The number of hydrogen-bond acceptors (Lipinski definition) is 6. The van der Waals surface area contributed by atoms with Gasteiger partial charge < -0.3 is 25.2 Å². The number of amides is 2. The van der Waals surface area contributed by atoms with Crippen molar-refractivity contribution < 1.29 is 29.0 Å². The van der Waals surface area contributed by atoms with Gasteiger partial charge in [0.25, 0.3) is 0 Å². The molecule has 2 aliphatic rings. The zero-order valence-corrected chi connectivity index (χ0v) is 24.4. The van der Waals surface area contributed by atoms with E-state index in [4.69, 9.17) is 9.47 Å². The summed E-state index contributed by atoms with van der Waals surface area (Å²) in [4.78, 5) is 38.6. The van der Waals surface area contributed by atoms with E-state index in [0.29, 0.717) is 12.8 Å². The lowest BCUT2D eigenvalue weighted by atomic mass is 9.88. The Labute approximate surface area is 250 Å². The Morgan fingerprint density at radius 3 is 2.14 bits per heavy atom.